The summed E-state index contributed by atoms with van der Waals surface area (Å²) in [5.41, 5.74) is 6.65. The van der Waals surface area contributed by atoms with Gasteiger partial charge in [0.05, 0.1) is 11.6 Å². The largest absolute Gasteiger partial charge is 0.458 e. The number of carbonyl (C=O) groups is 2. The van der Waals surface area contributed by atoms with E-state index in [0.717, 1.165) is 63.4 Å². The van der Waals surface area contributed by atoms with Crippen LogP contribution >= 0.6 is 0 Å². The van der Waals surface area contributed by atoms with E-state index in [-0.39, 0.29) is 40.6 Å². The van der Waals surface area contributed by atoms with Gasteiger partial charge in [0, 0.05) is 24.6 Å². The Labute approximate surface area is 211 Å². The highest BCUT2D eigenvalue weighted by atomic mass is 16.5. The molecular formula is C29H46N2O4. The first-order valence-corrected chi connectivity index (χ1v) is 14.0. The zero-order valence-corrected chi connectivity index (χ0v) is 22.4. The van der Waals surface area contributed by atoms with Crippen LogP contribution in [0.3, 0.4) is 0 Å². The Bertz CT molecular complexity index is 916. The van der Waals surface area contributed by atoms with Crippen LogP contribution in [0.2, 0.25) is 0 Å². The zero-order valence-electron chi connectivity index (χ0n) is 22.4. The number of amides is 1. The van der Waals surface area contributed by atoms with Crippen molar-refractivity contribution in [2.24, 2.45) is 46.2 Å². The Kier molecular flexibility index (Phi) is 6.19. The maximum atomic E-state index is 12.9. The summed E-state index contributed by atoms with van der Waals surface area (Å²) in [5.74, 6) is 1.66. The molecule has 1 heterocycles. The molecule has 0 spiro atoms. The van der Waals surface area contributed by atoms with E-state index in [1.165, 1.54) is 0 Å². The summed E-state index contributed by atoms with van der Waals surface area (Å²) >= 11 is 0. The number of nitrogens with zero attached hydrogens (tertiary/aromatic N) is 1. The quantitative estimate of drug-likeness (QED) is 0.585. The van der Waals surface area contributed by atoms with Crippen LogP contribution in [0.5, 0.6) is 0 Å². The lowest BCUT2D eigenvalue weighted by molar-refractivity contribution is -0.206. The average molecular weight is 487 g/mol. The van der Waals surface area contributed by atoms with Crippen molar-refractivity contribution in [1.29, 1.82) is 0 Å². The molecule has 0 radical (unpaired) electrons. The van der Waals surface area contributed by atoms with Crippen molar-refractivity contribution in [2.45, 2.75) is 103 Å². The predicted molar refractivity (Wildman–Crippen MR) is 135 cm³/mol. The second-order valence-corrected chi connectivity index (χ2v) is 13.4. The second-order valence-electron chi connectivity index (χ2n) is 13.4. The van der Waals surface area contributed by atoms with Gasteiger partial charge >= 0.3 is 5.97 Å². The summed E-state index contributed by atoms with van der Waals surface area (Å²) in [4.78, 5) is 26.7. The van der Waals surface area contributed by atoms with Crippen LogP contribution < -0.4 is 5.73 Å². The van der Waals surface area contributed by atoms with Crippen molar-refractivity contribution >= 4 is 11.9 Å². The number of ether oxygens (including phenoxy) is 1. The van der Waals surface area contributed by atoms with Crippen molar-refractivity contribution in [1.82, 2.24) is 4.90 Å². The molecule has 0 aromatic heterocycles. The van der Waals surface area contributed by atoms with Crippen LogP contribution in [0.25, 0.3) is 0 Å². The van der Waals surface area contributed by atoms with Crippen LogP contribution in [-0.4, -0.2) is 53.2 Å². The van der Waals surface area contributed by atoms with Gasteiger partial charge in [-0.25, -0.2) is 4.79 Å². The molecule has 5 aliphatic rings. The Balaban J connectivity index is 1.33. The van der Waals surface area contributed by atoms with Gasteiger partial charge in [-0.2, -0.15) is 0 Å². The van der Waals surface area contributed by atoms with E-state index in [9.17, 15) is 14.7 Å². The minimum Gasteiger partial charge on any atom is -0.458 e. The van der Waals surface area contributed by atoms with E-state index in [0.29, 0.717) is 24.4 Å². The van der Waals surface area contributed by atoms with E-state index in [4.69, 9.17) is 10.5 Å². The van der Waals surface area contributed by atoms with Crippen LogP contribution in [0, 0.1) is 40.4 Å². The molecule has 1 unspecified atom stereocenters. The molecule has 0 saturated heterocycles. The monoisotopic (exact) mass is 486 g/mol. The first-order chi connectivity index (χ1) is 16.4. The van der Waals surface area contributed by atoms with E-state index >= 15 is 0 Å². The van der Waals surface area contributed by atoms with Crippen LogP contribution in [0.15, 0.2) is 11.6 Å². The fourth-order valence-electron chi connectivity index (χ4n) is 9.44. The minimum absolute atomic E-state index is 0.0747. The molecule has 3 N–H and O–H groups in total. The number of hydrogen-bond donors (Lipinski definition) is 2. The van der Waals surface area contributed by atoms with Crippen molar-refractivity contribution < 1.29 is 19.4 Å². The van der Waals surface area contributed by atoms with E-state index in [1.54, 1.807) is 6.08 Å². The number of likely N-dealkylation sites (N-methyl/N-ethyl adjacent to an activating group) is 1. The molecule has 1 aliphatic heterocycles. The molecule has 196 valence electrons. The predicted octanol–water partition coefficient (Wildman–Crippen LogP) is 4.05. The first kappa shape index (κ1) is 25.3. The molecule has 5 rings (SSSR count). The molecule has 6 nitrogen and oxygen atoms in total. The Morgan fingerprint density at radius 3 is 2.51 bits per heavy atom. The first-order valence-electron chi connectivity index (χ1n) is 14.0. The number of fused-ring (bicyclic) bond motifs is 5. The van der Waals surface area contributed by atoms with Gasteiger partial charge in [-0.1, -0.05) is 27.7 Å². The highest BCUT2D eigenvalue weighted by molar-refractivity contribution is 5.85. The third kappa shape index (κ3) is 3.64. The SMILES string of the molecule is CC(C)C(N)C(=O)N(C)[C@H]1CC[C@@]2(C)[C@H](CC[C@@H]3[C@@H]2CC[C@]2(C)[C@@H](C4=CC(=O)OC4)CC[C@]32O)C1. The smallest absolute Gasteiger partial charge is 0.331 e. The van der Waals surface area contributed by atoms with Gasteiger partial charge in [0.25, 0.3) is 0 Å². The Morgan fingerprint density at radius 2 is 1.86 bits per heavy atom. The molecule has 9 atom stereocenters. The molecule has 4 aliphatic carbocycles. The van der Waals surface area contributed by atoms with Crippen molar-refractivity contribution in [3.8, 4) is 0 Å². The van der Waals surface area contributed by atoms with Crippen LogP contribution in [0.4, 0.5) is 0 Å². The molecule has 0 bridgehead atoms. The van der Waals surface area contributed by atoms with Crippen molar-refractivity contribution in [3.05, 3.63) is 11.6 Å². The summed E-state index contributed by atoms with van der Waals surface area (Å²) in [6, 6.07) is -0.165. The van der Waals surface area contributed by atoms with Gasteiger partial charge in [-0.05, 0) is 98.4 Å². The normalized spacial score (nSPS) is 45.8. The maximum absolute atomic E-state index is 12.9. The molecule has 4 fully saturated rings. The lowest BCUT2D eigenvalue weighted by Crippen LogP contribution is -2.63. The molecule has 4 saturated carbocycles. The molecule has 1 amide bonds. The van der Waals surface area contributed by atoms with Gasteiger partial charge < -0.3 is 20.5 Å². The molecule has 35 heavy (non-hydrogen) atoms. The number of carbonyl (C=O) groups excluding carboxylic acids is 2. The summed E-state index contributed by atoms with van der Waals surface area (Å²) in [6.45, 7) is 9.19. The summed E-state index contributed by atoms with van der Waals surface area (Å²) in [7, 11) is 1.95. The van der Waals surface area contributed by atoms with Gasteiger partial charge in [-0.3, -0.25) is 4.79 Å². The average Bonchev–Trinajstić information content (AvgIpc) is 3.36. The van der Waals surface area contributed by atoms with Crippen molar-refractivity contribution in [3.63, 3.8) is 0 Å². The van der Waals surface area contributed by atoms with Gasteiger partial charge in [0.15, 0.2) is 0 Å². The van der Waals surface area contributed by atoms with Gasteiger partial charge in [-0.15, -0.1) is 0 Å². The third-order valence-electron chi connectivity index (χ3n) is 11.9. The fourth-order valence-corrected chi connectivity index (χ4v) is 9.44. The van der Waals surface area contributed by atoms with Crippen molar-refractivity contribution in [2.75, 3.05) is 13.7 Å². The Morgan fingerprint density at radius 1 is 1.11 bits per heavy atom. The number of rotatable bonds is 4. The number of cyclic esters (lactones) is 1. The molecular weight excluding hydrogens is 440 g/mol. The van der Waals surface area contributed by atoms with Crippen LogP contribution in [-0.2, 0) is 14.3 Å². The zero-order chi connectivity index (χ0) is 25.3. The summed E-state index contributed by atoms with van der Waals surface area (Å²) in [5, 5.41) is 12.4. The van der Waals surface area contributed by atoms with Gasteiger partial charge in [0.2, 0.25) is 5.91 Å². The standard InChI is InChI=1S/C29H46N2O4/c1-17(2)25(30)26(33)31(5)20-8-11-27(3)19(15-20)6-7-23-22(27)9-12-28(4)21(10-13-29(23,28)34)18-14-24(32)35-16-18/h14,17,19-23,25,34H,6-13,15-16,30H2,1-5H3/t19-,20+,21-,22+,23-,25?,27+,28-,29+/m1/s1. The third-order valence-corrected chi connectivity index (χ3v) is 11.9. The number of esters is 1. The topological polar surface area (TPSA) is 92.9 Å². The molecule has 0 aromatic rings. The second kappa shape index (κ2) is 8.58. The summed E-state index contributed by atoms with van der Waals surface area (Å²) < 4.78 is 5.25. The van der Waals surface area contributed by atoms with E-state index < -0.39 is 11.6 Å². The number of hydrogen-bond acceptors (Lipinski definition) is 5. The van der Waals surface area contributed by atoms with E-state index in [1.807, 2.05) is 25.8 Å². The number of aliphatic hydroxyl groups is 1. The fraction of sp³-hybridized carbons (Fsp3) is 0.862. The summed E-state index contributed by atoms with van der Waals surface area (Å²) in [6.07, 6.45) is 11.0. The van der Waals surface area contributed by atoms with E-state index in [2.05, 4.69) is 13.8 Å². The Hall–Kier alpha value is -1.40. The highest BCUT2D eigenvalue weighted by Gasteiger charge is 2.67. The number of nitrogens with two attached hydrogens (primary N) is 1. The lowest BCUT2D eigenvalue weighted by Gasteiger charge is -2.64. The molecule has 6 heteroatoms. The van der Waals surface area contributed by atoms with Crippen LogP contribution in [0.1, 0.15) is 85.5 Å². The lowest BCUT2D eigenvalue weighted by atomic mass is 9.43. The minimum atomic E-state index is -0.672. The molecule has 0 aromatic carbocycles. The highest BCUT2D eigenvalue weighted by Crippen LogP contribution is 2.70. The van der Waals surface area contributed by atoms with Gasteiger partial charge in [0.1, 0.15) is 6.61 Å². The maximum Gasteiger partial charge on any atom is 0.331 e.